The minimum atomic E-state index is -0.772. The number of nitrogens with zero attached hydrogens (tertiary/aromatic N) is 2. The van der Waals surface area contributed by atoms with E-state index >= 15 is 0 Å². The number of hydrogen-bond acceptors (Lipinski definition) is 3. The molecule has 0 saturated heterocycles. The van der Waals surface area contributed by atoms with Crippen molar-refractivity contribution in [2.75, 3.05) is 5.32 Å². The molecule has 2 N–H and O–H groups in total. The zero-order valence-corrected chi connectivity index (χ0v) is 16.2. The number of rotatable bonds is 5. The maximum absolute atomic E-state index is 14.1. The number of anilines is 1. The van der Waals surface area contributed by atoms with Gasteiger partial charge in [0.25, 0.3) is 5.91 Å². The van der Waals surface area contributed by atoms with Gasteiger partial charge < -0.3 is 10.6 Å². The lowest BCUT2D eigenvalue weighted by Gasteiger charge is -2.14. The van der Waals surface area contributed by atoms with Crippen LogP contribution in [0.4, 0.5) is 14.5 Å². The number of nitrogens with one attached hydrogen (secondary N) is 2. The van der Waals surface area contributed by atoms with Gasteiger partial charge in [-0.1, -0.05) is 12.1 Å². The predicted octanol–water partition coefficient (Wildman–Crippen LogP) is 3.91. The molecular formula is C21H20F2N4O2. The van der Waals surface area contributed by atoms with E-state index in [9.17, 15) is 18.4 Å². The van der Waals surface area contributed by atoms with Crippen molar-refractivity contribution in [2.45, 2.75) is 26.8 Å². The number of carbonyl (C=O) groups is 2. The van der Waals surface area contributed by atoms with Gasteiger partial charge in [-0.15, -0.1) is 0 Å². The molecule has 150 valence electrons. The topological polar surface area (TPSA) is 76.0 Å². The first-order chi connectivity index (χ1) is 13.7. The standard InChI is InChI=1S/C21H20F2N4O2/c1-12-9-19(26-27(12)20-8-7-16(22)11-18(20)23)21(29)24-13(2)15-5-4-6-17(10-15)25-14(3)28/h4-11,13H,1-3H3,(H,24,29)(H,25,28)/t13-/m0/s1. The van der Waals surface area contributed by atoms with Gasteiger partial charge in [0.05, 0.1) is 6.04 Å². The lowest BCUT2D eigenvalue weighted by Crippen LogP contribution is -2.27. The molecule has 3 rings (SSSR count). The molecule has 1 aromatic heterocycles. The first kappa shape index (κ1) is 20.2. The molecule has 29 heavy (non-hydrogen) atoms. The van der Waals surface area contributed by atoms with Gasteiger partial charge in [-0.25, -0.2) is 13.5 Å². The van der Waals surface area contributed by atoms with E-state index in [2.05, 4.69) is 15.7 Å². The van der Waals surface area contributed by atoms with E-state index in [0.29, 0.717) is 11.4 Å². The number of benzene rings is 2. The van der Waals surface area contributed by atoms with Crippen LogP contribution in [0.15, 0.2) is 48.5 Å². The third-order valence-corrected chi connectivity index (χ3v) is 4.31. The molecule has 0 saturated carbocycles. The van der Waals surface area contributed by atoms with Crippen LogP contribution in [0.25, 0.3) is 5.69 Å². The summed E-state index contributed by atoms with van der Waals surface area (Å²) in [6.45, 7) is 4.89. The largest absolute Gasteiger partial charge is 0.344 e. The van der Waals surface area contributed by atoms with Crippen LogP contribution in [0.2, 0.25) is 0 Å². The van der Waals surface area contributed by atoms with Gasteiger partial charge in [0.2, 0.25) is 5.91 Å². The summed E-state index contributed by atoms with van der Waals surface area (Å²) in [6.07, 6.45) is 0. The Labute approximate surface area is 166 Å². The van der Waals surface area contributed by atoms with E-state index in [1.165, 1.54) is 23.7 Å². The monoisotopic (exact) mass is 398 g/mol. The summed E-state index contributed by atoms with van der Waals surface area (Å²) in [5, 5.41) is 9.68. The third kappa shape index (κ3) is 4.66. The number of halogens is 2. The van der Waals surface area contributed by atoms with Crippen LogP contribution in [0.5, 0.6) is 0 Å². The summed E-state index contributed by atoms with van der Waals surface area (Å²) in [5.74, 6) is -2.09. The van der Waals surface area contributed by atoms with Gasteiger partial charge in [-0.05, 0) is 49.7 Å². The van der Waals surface area contributed by atoms with Gasteiger partial charge in [-0.2, -0.15) is 5.10 Å². The van der Waals surface area contributed by atoms with Crippen LogP contribution in [0, 0.1) is 18.6 Å². The molecule has 6 nitrogen and oxygen atoms in total. The Morgan fingerprint density at radius 1 is 1.10 bits per heavy atom. The van der Waals surface area contributed by atoms with E-state index in [0.717, 1.165) is 17.7 Å². The highest BCUT2D eigenvalue weighted by molar-refractivity contribution is 5.93. The Morgan fingerprint density at radius 3 is 2.55 bits per heavy atom. The van der Waals surface area contributed by atoms with Crippen molar-refractivity contribution >= 4 is 17.5 Å². The smallest absolute Gasteiger partial charge is 0.272 e. The second-order valence-electron chi connectivity index (χ2n) is 6.68. The van der Waals surface area contributed by atoms with Crippen LogP contribution >= 0.6 is 0 Å². The normalized spacial score (nSPS) is 11.8. The molecule has 0 aliphatic carbocycles. The van der Waals surface area contributed by atoms with Gasteiger partial charge >= 0.3 is 0 Å². The van der Waals surface area contributed by atoms with Crippen molar-refractivity contribution in [3.8, 4) is 5.69 Å². The van der Waals surface area contributed by atoms with Crippen LogP contribution in [0.3, 0.4) is 0 Å². The molecule has 0 aliphatic rings. The highest BCUT2D eigenvalue weighted by Gasteiger charge is 2.18. The number of aryl methyl sites for hydroxylation is 1. The average molecular weight is 398 g/mol. The van der Waals surface area contributed by atoms with E-state index in [1.807, 2.05) is 6.07 Å². The fourth-order valence-corrected chi connectivity index (χ4v) is 2.93. The zero-order chi connectivity index (χ0) is 21.1. The van der Waals surface area contributed by atoms with E-state index < -0.39 is 17.5 Å². The average Bonchev–Trinajstić information content (AvgIpc) is 3.03. The van der Waals surface area contributed by atoms with Gasteiger partial charge in [0.15, 0.2) is 11.5 Å². The summed E-state index contributed by atoms with van der Waals surface area (Å²) in [6, 6.07) is 11.5. The highest BCUT2D eigenvalue weighted by atomic mass is 19.1. The second-order valence-corrected chi connectivity index (χ2v) is 6.68. The molecular weight excluding hydrogens is 378 g/mol. The minimum absolute atomic E-state index is 0.0546. The van der Waals surface area contributed by atoms with Crippen molar-refractivity contribution in [1.29, 1.82) is 0 Å². The molecule has 2 amide bonds. The Hall–Kier alpha value is -3.55. The first-order valence-electron chi connectivity index (χ1n) is 8.95. The molecule has 0 radical (unpaired) electrons. The van der Waals surface area contributed by atoms with Crippen LogP contribution in [-0.2, 0) is 4.79 Å². The van der Waals surface area contributed by atoms with Crippen LogP contribution in [0.1, 0.15) is 41.6 Å². The Kier molecular flexibility index (Phi) is 5.72. The Morgan fingerprint density at radius 2 is 1.86 bits per heavy atom. The van der Waals surface area contributed by atoms with Gasteiger partial charge in [0.1, 0.15) is 11.5 Å². The third-order valence-electron chi connectivity index (χ3n) is 4.31. The summed E-state index contributed by atoms with van der Waals surface area (Å²) in [7, 11) is 0. The van der Waals surface area contributed by atoms with Gasteiger partial charge in [-0.3, -0.25) is 9.59 Å². The molecule has 8 heteroatoms. The molecule has 0 unspecified atom stereocenters. The van der Waals surface area contributed by atoms with Crippen molar-refractivity contribution in [3.63, 3.8) is 0 Å². The lowest BCUT2D eigenvalue weighted by atomic mass is 10.1. The van der Waals surface area contributed by atoms with Crippen LogP contribution in [-0.4, -0.2) is 21.6 Å². The highest BCUT2D eigenvalue weighted by Crippen LogP contribution is 2.20. The first-order valence-corrected chi connectivity index (χ1v) is 8.95. The summed E-state index contributed by atoms with van der Waals surface area (Å²) >= 11 is 0. The van der Waals surface area contributed by atoms with E-state index in [4.69, 9.17) is 0 Å². The molecule has 0 spiro atoms. The number of amides is 2. The number of hydrogen-bond donors (Lipinski definition) is 2. The molecule has 0 bridgehead atoms. The Bertz CT molecular complexity index is 1080. The molecule has 2 aromatic carbocycles. The van der Waals surface area contributed by atoms with Crippen molar-refractivity contribution in [2.24, 2.45) is 0 Å². The maximum atomic E-state index is 14.1. The molecule has 1 heterocycles. The van der Waals surface area contributed by atoms with Crippen LogP contribution < -0.4 is 10.6 Å². The predicted molar refractivity (Wildman–Crippen MR) is 105 cm³/mol. The summed E-state index contributed by atoms with van der Waals surface area (Å²) in [4.78, 5) is 23.8. The van der Waals surface area contributed by atoms with Crippen molar-refractivity contribution in [3.05, 3.63) is 77.1 Å². The van der Waals surface area contributed by atoms with E-state index in [-0.39, 0.29) is 23.3 Å². The zero-order valence-electron chi connectivity index (χ0n) is 16.2. The fraction of sp³-hybridized carbons (Fsp3) is 0.190. The summed E-state index contributed by atoms with van der Waals surface area (Å²) in [5.41, 5.74) is 2.12. The van der Waals surface area contributed by atoms with E-state index in [1.54, 1.807) is 32.0 Å². The molecule has 1 atom stereocenters. The SMILES string of the molecule is CC(=O)Nc1cccc([C@H](C)NC(=O)c2cc(C)n(-c3ccc(F)cc3F)n2)c1. The van der Waals surface area contributed by atoms with Crippen molar-refractivity contribution in [1.82, 2.24) is 15.1 Å². The summed E-state index contributed by atoms with van der Waals surface area (Å²) < 4.78 is 28.5. The fourth-order valence-electron chi connectivity index (χ4n) is 2.93. The second kappa shape index (κ2) is 8.22. The molecule has 3 aromatic rings. The molecule has 0 aliphatic heterocycles. The quantitative estimate of drug-likeness (QED) is 0.684. The lowest BCUT2D eigenvalue weighted by molar-refractivity contribution is -0.114. The number of carbonyl (C=O) groups excluding carboxylic acids is 2. The van der Waals surface area contributed by atoms with Gasteiger partial charge in [0, 0.05) is 24.4 Å². The molecule has 0 fully saturated rings. The maximum Gasteiger partial charge on any atom is 0.272 e. The minimum Gasteiger partial charge on any atom is -0.344 e. The Balaban J connectivity index is 1.78. The number of aromatic nitrogens is 2. The van der Waals surface area contributed by atoms with Crippen molar-refractivity contribution < 1.29 is 18.4 Å².